The highest BCUT2D eigenvalue weighted by molar-refractivity contribution is 5.92. The van der Waals surface area contributed by atoms with Crippen molar-refractivity contribution >= 4 is 11.6 Å². The first-order valence-electron chi connectivity index (χ1n) is 5.26. The van der Waals surface area contributed by atoms with Gasteiger partial charge in [-0.25, -0.2) is 14.8 Å². The summed E-state index contributed by atoms with van der Waals surface area (Å²) in [6, 6.07) is 1.99. The quantitative estimate of drug-likeness (QED) is 0.850. The van der Waals surface area contributed by atoms with Crippen LogP contribution in [0.3, 0.4) is 0 Å². The molecule has 16 heavy (non-hydrogen) atoms. The van der Waals surface area contributed by atoms with E-state index in [0.29, 0.717) is 5.65 Å². The Morgan fingerprint density at radius 2 is 2.19 bits per heavy atom. The molecule has 0 unspecified atom stereocenters. The first-order chi connectivity index (χ1) is 7.67. The Morgan fingerprint density at radius 1 is 1.44 bits per heavy atom. The number of rotatable bonds is 3. The van der Waals surface area contributed by atoms with Crippen LogP contribution in [-0.4, -0.2) is 25.4 Å². The number of hydrogen-bond acceptors (Lipinski definition) is 3. The van der Waals surface area contributed by atoms with Crippen molar-refractivity contribution in [3.63, 3.8) is 0 Å². The van der Waals surface area contributed by atoms with E-state index in [-0.39, 0.29) is 5.69 Å². The summed E-state index contributed by atoms with van der Waals surface area (Å²) >= 11 is 0. The maximum absolute atomic E-state index is 11.0. The smallest absolute Gasteiger partial charge is 0.358 e. The zero-order valence-electron chi connectivity index (χ0n) is 9.27. The monoisotopic (exact) mass is 219 g/mol. The van der Waals surface area contributed by atoms with Gasteiger partial charge in [-0.05, 0) is 18.9 Å². The number of carboxylic acids is 1. The molecule has 1 N–H and O–H groups in total. The number of carboxylic acid groups (broad SMARTS) is 1. The second-order valence-corrected chi connectivity index (χ2v) is 3.54. The standard InChI is InChI=1S/C11H13N3O2/c1-3-7-5-8(4-2)14-6-12-9(11(15)16)10(14)13-7/h5-6H,3-4H2,1-2H3,(H,15,16). The molecular weight excluding hydrogens is 206 g/mol. The molecule has 2 rings (SSSR count). The van der Waals surface area contributed by atoms with Crippen LogP contribution in [0.4, 0.5) is 0 Å². The molecule has 84 valence electrons. The summed E-state index contributed by atoms with van der Waals surface area (Å²) in [6.45, 7) is 4.02. The van der Waals surface area contributed by atoms with E-state index in [1.807, 2.05) is 19.9 Å². The van der Waals surface area contributed by atoms with Gasteiger partial charge in [0.05, 0.1) is 0 Å². The molecule has 0 spiro atoms. The molecule has 0 aromatic carbocycles. The molecule has 0 aliphatic rings. The molecule has 0 aliphatic heterocycles. The Morgan fingerprint density at radius 3 is 2.75 bits per heavy atom. The predicted octanol–water partition coefficient (Wildman–Crippen LogP) is 1.55. The lowest BCUT2D eigenvalue weighted by Crippen LogP contribution is -2.03. The molecule has 0 aliphatic carbocycles. The normalized spacial score (nSPS) is 10.9. The molecule has 0 atom stereocenters. The molecule has 0 saturated carbocycles. The largest absolute Gasteiger partial charge is 0.476 e. The number of aromatic nitrogens is 3. The Labute approximate surface area is 92.8 Å². The van der Waals surface area contributed by atoms with Crippen LogP contribution < -0.4 is 0 Å². The minimum atomic E-state index is -1.04. The highest BCUT2D eigenvalue weighted by Gasteiger charge is 2.15. The highest BCUT2D eigenvalue weighted by atomic mass is 16.4. The van der Waals surface area contributed by atoms with Gasteiger partial charge in [-0.15, -0.1) is 0 Å². The fourth-order valence-electron chi connectivity index (χ4n) is 1.69. The summed E-state index contributed by atoms with van der Waals surface area (Å²) in [6.07, 6.45) is 3.12. The Balaban J connectivity index is 2.76. The molecule has 2 heterocycles. The van der Waals surface area contributed by atoms with Crippen molar-refractivity contribution in [3.05, 3.63) is 29.5 Å². The van der Waals surface area contributed by atoms with Gasteiger partial charge in [-0.2, -0.15) is 0 Å². The Bertz CT molecular complexity index is 545. The van der Waals surface area contributed by atoms with Gasteiger partial charge in [0.1, 0.15) is 6.33 Å². The fraction of sp³-hybridized carbons (Fsp3) is 0.364. The summed E-state index contributed by atoms with van der Waals surface area (Å²) in [4.78, 5) is 19.1. The van der Waals surface area contributed by atoms with Gasteiger partial charge < -0.3 is 5.11 Å². The second kappa shape index (κ2) is 3.92. The lowest BCUT2D eigenvalue weighted by atomic mass is 10.2. The van der Waals surface area contributed by atoms with Gasteiger partial charge in [-0.3, -0.25) is 4.40 Å². The van der Waals surface area contributed by atoms with E-state index in [0.717, 1.165) is 24.2 Å². The molecule has 0 radical (unpaired) electrons. The van der Waals surface area contributed by atoms with Crippen LogP contribution in [0.25, 0.3) is 5.65 Å². The first kappa shape index (κ1) is 10.6. The third kappa shape index (κ3) is 1.54. The van der Waals surface area contributed by atoms with Gasteiger partial charge >= 0.3 is 5.97 Å². The van der Waals surface area contributed by atoms with Gasteiger partial charge in [0.25, 0.3) is 0 Å². The van der Waals surface area contributed by atoms with Crippen molar-refractivity contribution in [1.82, 2.24) is 14.4 Å². The molecule has 5 heteroatoms. The van der Waals surface area contributed by atoms with Crippen molar-refractivity contribution in [3.8, 4) is 0 Å². The van der Waals surface area contributed by atoms with E-state index in [2.05, 4.69) is 9.97 Å². The summed E-state index contributed by atoms with van der Waals surface area (Å²) in [7, 11) is 0. The van der Waals surface area contributed by atoms with Gasteiger partial charge in [0.2, 0.25) is 0 Å². The van der Waals surface area contributed by atoms with Crippen LogP contribution in [0.5, 0.6) is 0 Å². The third-order valence-corrected chi connectivity index (χ3v) is 2.56. The maximum atomic E-state index is 11.0. The Hall–Kier alpha value is -1.91. The van der Waals surface area contributed by atoms with Crippen LogP contribution in [0.15, 0.2) is 12.4 Å². The van der Waals surface area contributed by atoms with Crippen LogP contribution in [0.2, 0.25) is 0 Å². The van der Waals surface area contributed by atoms with E-state index in [1.54, 1.807) is 4.40 Å². The van der Waals surface area contributed by atoms with Crippen LogP contribution in [-0.2, 0) is 12.8 Å². The first-order valence-corrected chi connectivity index (χ1v) is 5.26. The summed E-state index contributed by atoms with van der Waals surface area (Å²) in [5.74, 6) is -1.04. The van der Waals surface area contributed by atoms with E-state index >= 15 is 0 Å². The highest BCUT2D eigenvalue weighted by Crippen LogP contribution is 2.13. The topological polar surface area (TPSA) is 67.5 Å². The summed E-state index contributed by atoms with van der Waals surface area (Å²) in [5, 5.41) is 8.98. The van der Waals surface area contributed by atoms with Crippen molar-refractivity contribution in [2.24, 2.45) is 0 Å². The number of aromatic carboxylic acids is 1. The SMILES string of the molecule is CCc1cc(CC)n2cnc(C(=O)O)c2n1. The fourth-order valence-corrected chi connectivity index (χ4v) is 1.69. The second-order valence-electron chi connectivity index (χ2n) is 3.54. The van der Waals surface area contributed by atoms with E-state index in [9.17, 15) is 4.79 Å². The average Bonchev–Trinajstić information content (AvgIpc) is 2.71. The number of nitrogens with zero attached hydrogens (tertiary/aromatic N) is 3. The zero-order chi connectivity index (χ0) is 11.7. The maximum Gasteiger partial charge on any atom is 0.358 e. The molecule has 0 saturated heterocycles. The molecule has 0 bridgehead atoms. The van der Waals surface area contributed by atoms with Crippen LogP contribution in [0, 0.1) is 0 Å². The molecule has 0 amide bonds. The number of imidazole rings is 1. The summed E-state index contributed by atoms with van der Waals surface area (Å²) < 4.78 is 1.74. The number of hydrogen-bond donors (Lipinski definition) is 1. The van der Waals surface area contributed by atoms with E-state index < -0.39 is 5.97 Å². The van der Waals surface area contributed by atoms with Crippen molar-refractivity contribution in [1.29, 1.82) is 0 Å². The van der Waals surface area contributed by atoms with Gasteiger partial charge in [0.15, 0.2) is 11.3 Å². The third-order valence-electron chi connectivity index (χ3n) is 2.56. The van der Waals surface area contributed by atoms with Crippen molar-refractivity contribution in [2.45, 2.75) is 26.7 Å². The molecule has 5 nitrogen and oxygen atoms in total. The van der Waals surface area contributed by atoms with Gasteiger partial charge in [0, 0.05) is 11.4 Å². The minimum absolute atomic E-state index is 0.0185. The average molecular weight is 219 g/mol. The molecular formula is C11H13N3O2. The lowest BCUT2D eigenvalue weighted by molar-refractivity contribution is 0.0693. The lowest BCUT2D eigenvalue weighted by Gasteiger charge is -2.05. The summed E-state index contributed by atoms with van der Waals surface area (Å²) in [5.41, 5.74) is 2.38. The molecule has 2 aromatic heterocycles. The predicted molar refractivity (Wildman–Crippen MR) is 58.7 cm³/mol. The molecule has 0 fully saturated rings. The van der Waals surface area contributed by atoms with Gasteiger partial charge in [-0.1, -0.05) is 13.8 Å². The van der Waals surface area contributed by atoms with E-state index in [4.69, 9.17) is 5.11 Å². The Kier molecular flexibility index (Phi) is 2.60. The zero-order valence-corrected chi connectivity index (χ0v) is 9.27. The van der Waals surface area contributed by atoms with Crippen molar-refractivity contribution in [2.75, 3.05) is 0 Å². The van der Waals surface area contributed by atoms with Crippen LogP contribution >= 0.6 is 0 Å². The van der Waals surface area contributed by atoms with E-state index in [1.165, 1.54) is 6.33 Å². The number of aryl methyl sites for hydroxylation is 2. The minimum Gasteiger partial charge on any atom is -0.476 e. The van der Waals surface area contributed by atoms with Crippen molar-refractivity contribution < 1.29 is 9.90 Å². The van der Waals surface area contributed by atoms with Crippen LogP contribution in [0.1, 0.15) is 35.7 Å². The number of carbonyl (C=O) groups is 1. The molecule has 2 aromatic rings. The number of fused-ring (bicyclic) bond motifs is 1.